The van der Waals surface area contributed by atoms with Gasteiger partial charge in [-0.05, 0) is 38.1 Å². The molecule has 0 bridgehead atoms. The molecule has 0 spiro atoms. The van der Waals surface area contributed by atoms with Crippen LogP contribution in [0.15, 0.2) is 54.9 Å². The predicted octanol–water partition coefficient (Wildman–Crippen LogP) is 3.72. The summed E-state index contributed by atoms with van der Waals surface area (Å²) in [6, 6.07) is 10.2. The number of nitrogens with zero attached hydrogens (tertiary/aromatic N) is 5. The first-order chi connectivity index (χ1) is 18.2. The third-order valence-electron chi connectivity index (χ3n) is 6.34. The number of amides is 3. The highest BCUT2D eigenvalue weighted by molar-refractivity contribution is 6.05. The number of aromatic nitrogens is 2. The Morgan fingerprint density at radius 3 is 2.39 bits per heavy atom. The summed E-state index contributed by atoms with van der Waals surface area (Å²) in [6.45, 7) is 3.23. The largest absolute Gasteiger partial charge is 0.325 e. The molecular formula is C28H25F2N5O3. The number of hydrogen-bond acceptors (Lipinski definition) is 5. The number of carbonyl (C=O) groups is 3. The Hall–Kier alpha value is -4.65. The normalized spacial score (nSPS) is 17.0. The fourth-order valence-corrected chi connectivity index (χ4v) is 4.32. The van der Waals surface area contributed by atoms with E-state index in [-0.39, 0.29) is 30.9 Å². The number of aryl methyl sites for hydroxylation is 1. The molecule has 3 amide bonds. The van der Waals surface area contributed by atoms with E-state index in [1.54, 1.807) is 31.2 Å². The zero-order chi connectivity index (χ0) is 27.4. The van der Waals surface area contributed by atoms with Gasteiger partial charge in [0.05, 0.1) is 11.9 Å². The molecular weight excluding hydrogens is 492 g/mol. The Morgan fingerprint density at radius 1 is 1.11 bits per heavy atom. The summed E-state index contributed by atoms with van der Waals surface area (Å²) < 4.78 is 30.2. The molecule has 10 heteroatoms. The minimum Gasteiger partial charge on any atom is -0.308 e. The molecule has 4 rings (SSSR count). The lowest BCUT2D eigenvalue weighted by atomic mass is 9.91. The standard InChI is InChI=1S/C28H25F2N5O3/c1-19-17-31-18-24(32-19)34-12-13-35(28(2,11-14-36)26(34)37)27(38)33(3)25-22(29)15-21(16-23(25)30)10-9-20-7-5-4-6-8-20/h4-8,14-18H,11-13H2,1-3H3. The molecule has 1 aliphatic heterocycles. The third-order valence-corrected chi connectivity index (χ3v) is 6.34. The second kappa shape index (κ2) is 10.8. The highest BCUT2D eigenvalue weighted by atomic mass is 19.1. The van der Waals surface area contributed by atoms with E-state index >= 15 is 8.78 Å². The van der Waals surface area contributed by atoms with Crippen LogP contribution in [0.4, 0.5) is 25.1 Å². The molecule has 1 unspecified atom stereocenters. The predicted molar refractivity (Wildman–Crippen MR) is 137 cm³/mol. The van der Waals surface area contributed by atoms with Crippen LogP contribution >= 0.6 is 0 Å². The number of benzene rings is 2. The second-order valence-corrected chi connectivity index (χ2v) is 9.02. The van der Waals surface area contributed by atoms with E-state index in [4.69, 9.17) is 0 Å². The topological polar surface area (TPSA) is 86.7 Å². The van der Waals surface area contributed by atoms with E-state index in [0.29, 0.717) is 17.5 Å². The van der Waals surface area contributed by atoms with Gasteiger partial charge >= 0.3 is 6.03 Å². The number of halogens is 2. The van der Waals surface area contributed by atoms with Gasteiger partial charge in [0.2, 0.25) is 0 Å². The lowest BCUT2D eigenvalue weighted by Gasteiger charge is -2.47. The van der Waals surface area contributed by atoms with E-state index < -0.39 is 34.8 Å². The number of anilines is 2. The second-order valence-electron chi connectivity index (χ2n) is 9.02. The van der Waals surface area contributed by atoms with Crippen LogP contribution in [0.2, 0.25) is 0 Å². The SMILES string of the molecule is Cc1cncc(N2CCN(C(=O)N(C)c3c(F)cc(C#Cc4ccccc4)cc3F)C(C)(CC=O)C2=O)n1. The summed E-state index contributed by atoms with van der Waals surface area (Å²) in [5.41, 5.74) is -0.825. The molecule has 3 aromatic rings. The van der Waals surface area contributed by atoms with Crippen LogP contribution in [0.25, 0.3) is 0 Å². The van der Waals surface area contributed by atoms with E-state index in [1.807, 2.05) is 6.07 Å². The van der Waals surface area contributed by atoms with Crippen LogP contribution in [-0.4, -0.2) is 58.8 Å². The quantitative estimate of drug-likeness (QED) is 0.389. The fourth-order valence-electron chi connectivity index (χ4n) is 4.32. The van der Waals surface area contributed by atoms with Crippen LogP contribution in [0.5, 0.6) is 0 Å². The summed E-state index contributed by atoms with van der Waals surface area (Å²) in [7, 11) is 1.21. The monoisotopic (exact) mass is 517 g/mol. The van der Waals surface area contributed by atoms with Crippen molar-refractivity contribution < 1.29 is 23.2 Å². The van der Waals surface area contributed by atoms with Crippen molar-refractivity contribution in [3.63, 3.8) is 0 Å². The van der Waals surface area contributed by atoms with E-state index in [0.717, 1.165) is 21.9 Å². The summed E-state index contributed by atoms with van der Waals surface area (Å²) in [4.78, 5) is 50.3. The maximum Gasteiger partial charge on any atom is 0.325 e. The van der Waals surface area contributed by atoms with E-state index in [2.05, 4.69) is 21.8 Å². The Bertz CT molecular complexity index is 1430. The highest BCUT2D eigenvalue weighted by Crippen LogP contribution is 2.32. The van der Waals surface area contributed by atoms with Gasteiger partial charge < -0.3 is 9.69 Å². The number of piperazine rings is 1. The van der Waals surface area contributed by atoms with Crippen molar-refractivity contribution in [1.82, 2.24) is 14.9 Å². The number of hydrogen-bond donors (Lipinski definition) is 0. The van der Waals surface area contributed by atoms with Gasteiger partial charge in [-0.1, -0.05) is 30.0 Å². The Morgan fingerprint density at radius 2 is 1.76 bits per heavy atom. The average Bonchev–Trinajstić information content (AvgIpc) is 2.89. The molecule has 0 N–H and O–H groups in total. The van der Waals surface area contributed by atoms with Gasteiger partial charge in [-0.3, -0.25) is 19.6 Å². The number of urea groups is 1. The van der Waals surface area contributed by atoms with E-state index in [1.165, 1.54) is 31.3 Å². The van der Waals surface area contributed by atoms with E-state index in [9.17, 15) is 14.4 Å². The molecule has 38 heavy (non-hydrogen) atoms. The van der Waals surface area contributed by atoms with Crippen molar-refractivity contribution >= 4 is 29.7 Å². The van der Waals surface area contributed by atoms with Crippen molar-refractivity contribution in [3.05, 3.63) is 83.3 Å². The van der Waals surface area contributed by atoms with Gasteiger partial charge in [-0.25, -0.2) is 18.6 Å². The molecule has 2 aromatic carbocycles. The Labute approximate surface area is 218 Å². The van der Waals surface area contributed by atoms with Gasteiger partial charge in [0.15, 0.2) is 17.5 Å². The van der Waals surface area contributed by atoms with Gasteiger partial charge in [-0.15, -0.1) is 0 Å². The van der Waals surface area contributed by atoms with Gasteiger partial charge in [0.1, 0.15) is 17.5 Å². The molecule has 0 aliphatic carbocycles. The first-order valence-electron chi connectivity index (χ1n) is 11.8. The molecule has 0 saturated carbocycles. The number of aldehydes is 1. The van der Waals surface area contributed by atoms with Crippen molar-refractivity contribution in [2.45, 2.75) is 25.8 Å². The van der Waals surface area contributed by atoms with Crippen LogP contribution in [0.3, 0.4) is 0 Å². The van der Waals surface area contributed by atoms with Crippen LogP contribution in [0.1, 0.15) is 30.2 Å². The maximum absolute atomic E-state index is 15.1. The molecule has 8 nitrogen and oxygen atoms in total. The zero-order valence-corrected chi connectivity index (χ0v) is 21.1. The first kappa shape index (κ1) is 26.4. The average molecular weight is 518 g/mol. The summed E-state index contributed by atoms with van der Waals surface area (Å²) in [5, 5.41) is 0. The molecule has 0 radical (unpaired) electrons. The molecule has 1 atom stereocenters. The fraction of sp³-hybridized carbons (Fsp3) is 0.250. The van der Waals surface area contributed by atoms with Crippen molar-refractivity contribution in [2.75, 3.05) is 29.9 Å². The van der Waals surface area contributed by atoms with Gasteiger partial charge in [0, 0.05) is 43.9 Å². The van der Waals surface area contributed by atoms with Crippen LogP contribution in [0, 0.1) is 30.4 Å². The maximum atomic E-state index is 15.1. The third kappa shape index (κ3) is 5.09. The Kier molecular flexibility index (Phi) is 7.48. The number of carbonyl (C=O) groups excluding carboxylic acids is 3. The number of rotatable bonds is 4. The molecule has 1 aromatic heterocycles. The molecule has 1 fully saturated rings. The highest BCUT2D eigenvalue weighted by Gasteiger charge is 2.49. The van der Waals surface area contributed by atoms with Crippen LogP contribution in [-0.2, 0) is 9.59 Å². The summed E-state index contributed by atoms with van der Waals surface area (Å²) in [6.07, 6.45) is 3.17. The molecule has 1 saturated heterocycles. The molecule has 2 heterocycles. The summed E-state index contributed by atoms with van der Waals surface area (Å²) >= 11 is 0. The zero-order valence-electron chi connectivity index (χ0n) is 21.1. The van der Waals surface area contributed by atoms with Crippen molar-refractivity contribution in [2.24, 2.45) is 0 Å². The first-order valence-corrected chi connectivity index (χ1v) is 11.8. The van der Waals surface area contributed by atoms with Crippen molar-refractivity contribution in [1.29, 1.82) is 0 Å². The minimum atomic E-state index is -1.61. The lowest BCUT2D eigenvalue weighted by Crippen LogP contribution is -2.68. The molecule has 1 aliphatic rings. The minimum absolute atomic E-state index is 0.00124. The Balaban J connectivity index is 1.62. The van der Waals surface area contributed by atoms with Gasteiger partial charge in [0.25, 0.3) is 5.91 Å². The van der Waals surface area contributed by atoms with Crippen molar-refractivity contribution in [3.8, 4) is 11.8 Å². The van der Waals surface area contributed by atoms with Crippen LogP contribution < -0.4 is 9.80 Å². The van der Waals surface area contributed by atoms with Gasteiger partial charge in [-0.2, -0.15) is 0 Å². The smallest absolute Gasteiger partial charge is 0.308 e. The summed E-state index contributed by atoms with van der Waals surface area (Å²) in [5.74, 6) is 3.31. The lowest BCUT2D eigenvalue weighted by molar-refractivity contribution is -0.133. The molecule has 194 valence electrons.